The second-order valence-electron chi connectivity index (χ2n) is 4.98. The van der Waals surface area contributed by atoms with E-state index in [1.165, 1.54) is 0 Å². The molecule has 2 N–H and O–H groups in total. The van der Waals surface area contributed by atoms with Gasteiger partial charge in [-0.2, -0.15) is 5.10 Å². The number of carbonyl (C=O) groups excluding carboxylic acids is 1. The van der Waals surface area contributed by atoms with E-state index < -0.39 is 0 Å². The highest BCUT2D eigenvalue weighted by Crippen LogP contribution is 2.21. The first-order chi connectivity index (χ1) is 11.0. The van der Waals surface area contributed by atoms with Crippen LogP contribution in [0, 0.1) is 6.92 Å². The van der Waals surface area contributed by atoms with Crippen LogP contribution in [0.25, 0.3) is 0 Å². The molecule has 6 heteroatoms. The number of hydrogen-bond donors (Lipinski definition) is 2. The molecule has 0 aliphatic carbocycles. The van der Waals surface area contributed by atoms with Gasteiger partial charge in [-0.3, -0.25) is 4.79 Å². The second-order valence-corrected chi connectivity index (χ2v) is 5.42. The van der Waals surface area contributed by atoms with Crippen molar-refractivity contribution in [2.45, 2.75) is 13.8 Å². The van der Waals surface area contributed by atoms with E-state index >= 15 is 0 Å². The summed E-state index contributed by atoms with van der Waals surface area (Å²) in [6.07, 6.45) is 0. The largest absolute Gasteiger partial charge is 0.508 e. The molecule has 0 spiro atoms. The van der Waals surface area contributed by atoms with Gasteiger partial charge in [-0.15, -0.1) is 0 Å². The molecular formula is C17H17ClN2O3. The normalized spacial score (nSPS) is 11.2. The molecule has 0 unspecified atom stereocenters. The maximum absolute atomic E-state index is 11.8. The van der Waals surface area contributed by atoms with Gasteiger partial charge in [0.15, 0.2) is 6.61 Å². The minimum Gasteiger partial charge on any atom is -0.508 e. The van der Waals surface area contributed by atoms with Crippen LogP contribution in [0.2, 0.25) is 5.02 Å². The number of carbonyl (C=O) groups is 1. The van der Waals surface area contributed by atoms with Crippen LogP contribution in [0.4, 0.5) is 0 Å². The van der Waals surface area contributed by atoms with Crippen LogP contribution in [0.3, 0.4) is 0 Å². The fourth-order valence-corrected chi connectivity index (χ4v) is 2.12. The number of aryl methyl sites for hydroxylation is 1. The number of hydrazone groups is 1. The maximum atomic E-state index is 11.8. The lowest BCUT2D eigenvalue weighted by Gasteiger charge is -2.08. The van der Waals surface area contributed by atoms with Crippen molar-refractivity contribution in [3.05, 3.63) is 58.6 Å². The lowest BCUT2D eigenvalue weighted by atomic mass is 10.1. The molecule has 0 aliphatic rings. The zero-order valence-corrected chi connectivity index (χ0v) is 13.6. The number of hydrogen-bond acceptors (Lipinski definition) is 4. The predicted octanol–water partition coefficient (Wildman–Crippen LogP) is 3.27. The Morgan fingerprint density at radius 1 is 1.30 bits per heavy atom. The third-order valence-electron chi connectivity index (χ3n) is 3.11. The van der Waals surface area contributed by atoms with Crippen molar-refractivity contribution in [3.63, 3.8) is 0 Å². The van der Waals surface area contributed by atoms with Gasteiger partial charge in [0.05, 0.1) is 5.71 Å². The first-order valence-electron chi connectivity index (χ1n) is 6.97. The average Bonchev–Trinajstić information content (AvgIpc) is 2.51. The topological polar surface area (TPSA) is 70.9 Å². The molecule has 2 rings (SSSR count). The first-order valence-corrected chi connectivity index (χ1v) is 7.35. The average molecular weight is 333 g/mol. The van der Waals surface area contributed by atoms with Crippen LogP contribution in [0.5, 0.6) is 11.5 Å². The molecule has 1 amide bonds. The van der Waals surface area contributed by atoms with Crippen LogP contribution >= 0.6 is 11.6 Å². The third kappa shape index (κ3) is 5.00. The van der Waals surface area contributed by atoms with Crippen molar-refractivity contribution in [1.29, 1.82) is 0 Å². The number of phenols is 1. The Labute approximate surface area is 139 Å². The summed E-state index contributed by atoms with van der Waals surface area (Å²) >= 11 is 5.86. The Balaban J connectivity index is 1.90. The van der Waals surface area contributed by atoms with Gasteiger partial charge in [0.2, 0.25) is 0 Å². The number of amides is 1. The summed E-state index contributed by atoms with van der Waals surface area (Å²) in [5.41, 5.74) is 4.57. The van der Waals surface area contributed by atoms with Gasteiger partial charge in [-0.1, -0.05) is 23.7 Å². The van der Waals surface area contributed by atoms with Crippen molar-refractivity contribution in [1.82, 2.24) is 5.43 Å². The van der Waals surface area contributed by atoms with E-state index in [9.17, 15) is 9.90 Å². The van der Waals surface area contributed by atoms with Gasteiger partial charge in [-0.05, 0) is 49.7 Å². The molecule has 0 fully saturated rings. The number of aromatic hydroxyl groups is 1. The molecule has 23 heavy (non-hydrogen) atoms. The Bertz CT molecular complexity index is 744. The van der Waals surface area contributed by atoms with Crippen LogP contribution in [0.1, 0.15) is 18.1 Å². The Morgan fingerprint density at radius 3 is 2.78 bits per heavy atom. The molecule has 0 atom stereocenters. The molecule has 2 aromatic carbocycles. The SMILES string of the molecule is C/C(=N/NC(=O)COc1ccc(Cl)cc1C)c1cccc(O)c1. The molecule has 2 aromatic rings. The summed E-state index contributed by atoms with van der Waals surface area (Å²) < 4.78 is 5.43. The monoisotopic (exact) mass is 332 g/mol. The van der Waals surface area contributed by atoms with Crippen molar-refractivity contribution in [2.75, 3.05) is 6.61 Å². The number of ether oxygens (including phenoxy) is 1. The second kappa shape index (κ2) is 7.65. The first kappa shape index (κ1) is 16.8. The highest BCUT2D eigenvalue weighted by atomic mass is 35.5. The van der Waals surface area contributed by atoms with Crippen LogP contribution in [-0.4, -0.2) is 23.3 Å². The van der Waals surface area contributed by atoms with Crippen molar-refractivity contribution >= 4 is 23.2 Å². The Kier molecular flexibility index (Phi) is 5.60. The molecule has 0 radical (unpaired) electrons. The van der Waals surface area contributed by atoms with E-state index in [-0.39, 0.29) is 18.3 Å². The van der Waals surface area contributed by atoms with Crippen molar-refractivity contribution in [2.24, 2.45) is 5.10 Å². The summed E-state index contributed by atoms with van der Waals surface area (Å²) in [7, 11) is 0. The lowest BCUT2D eigenvalue weighted by molar-refractivity contribution is -0.123. The van der Waals surface area contributed by atoms with Crippen LogP contribution < -0.4 is 10.2 Å². The van der Waals surface area contributed by atoms with Gasteiger partial charge in [0.25, 0.3) is 5.91 Å². The quantitative estimate of drug-likeness (QED) is 0.652. The molecule has 0 saturated heterocycles. The molecular weight excluding hydrogens is 316 g/mol. The molecule has 0 heterocycles. The third-order valence-corrected chi connectivity index (χ3v) is 3.34. The molecule has 5 nitrogen and oxygen atoms in total. The van der Waals surface area contributed by atoms with E-state index in [1.807, 2.05) is 6.92 Å². The van der Waals surface area contributed by atoms with E-state index in [1.54, 1.807) is 49.4 Å². The fraction of sp³-hybridized carbons (Fsp3) is 0.176. The smallest absolute Gasteiger partial charge is 0.277 e. The van der Waals surface area contributed by atoms with Crippen molar-refractivity contribution in [3.8, 4) is 11.5 Å². The predicted molar refractivity (Wildman–Crippen MR) is 90.1 cm³/mol. The zero-order valence-electron chi connectivity index (χ0n) is 12.8. The summed E-state index contributed by atoms with van der Waals surface area (Å²) in [5.74, 6) is 0.363. The Hall–Kier alpha value is -2.53. The summed E-state index contributed by atoms with van der Waals surface area (Å²) in [6, 6.07) is 11.8. The minimum absolute atomic E-state index is 0.143. The number of phenolic OH excluding ortho intramolecular Hbond substituents is 1. The van der Waals surface area contributed by atoms with Gasteiger partial charge >= 0.3 is 0 Å². The standard InChI is InChI=1S/C17H17ClN2O3/c1-11-8-14(18)6-7-16(11)23-10-17(22)20-19-12(2)13-4-3-5-15(21)9-13/h3-9,21H,10H2,1-2H3,(H,20,22)/b19-12-. The van der Waals surface area contributed by atoms with Gasteiger partial charge in [0, 0.05) is 10.6 Å². The number of halogens is 1. The highest BCUT2D eigenvalue weighted by Gasteiger charge is 2.05. The van der Waals surface area contributed by atoms with Gasteiger partial charge in [-0.25, -0.2) is 5.43 Å². The van der Waals surface area contributed by atoms with E-state index in [2.05, 4.69) is 10.5 Å². The zero-order chi connectivity index (χ0) is 16.8. The molecule has 0 saturated carbocycles. The number of rotatable bonds is 5. The summed E-state index contributed by atoms with van der Waals surface area (Å²) in [6.45, 7) is 3.43. The van der Waals surface area contributed by atoms with E-state index in [4.69, 9.17) is 16.3 Å². The number of benzene rings is 2. The number of nitrogens with one attached hydrogen (secondary N) is 1. The maximum Gasteiger partial charge on any atom is 0.277 e. The van der Waals surface area contributed by atoms with E-state index in [0.29, 0.717) is 16.5 Å². The van der Waals surface area contributed by atoms with E-state index in [0.717, 1.165) is 11.1 Å². The molecule has 0 aliphatic heterocycles. The summed E-state index contributed by atoms with van der Waals surface area (Å²) in [4.78, 5) is 11.8. The minimum atomic E-state index is -0.376. The van der Waals surface area contributed by atoms with Gasteiger partial charge in [0.1, 0.15) is 11.5 Å². The summed E-state index contributed by atoms with van der Waals surface area (Å²) in [5, 5.41) is 14.0. The molecule has 0 aromatic heterocycles. The molecule has 120 valence electrons. The van der Waals surface area contributed by atoms with Crippen LogP contribution in [-0.2, 0) is 4.79 Å². The lowest BCUT2D eigenvalue weighted by Crippen LogP contribution is -2.25. The van der Waals surface area contributed by atoms with Crippen molar-refractivity contribution < 1.29 is 14.6 Å². The van der Waals surface area contributed by atoms with Gasteiger partial charge < -0.3 is 9.84 Å². The Morgan fingerprint density at radius 2 is 2.09 bits per heavy atom. The van der Waals surface area contributed by atoms with Crippen LogP contribution in [0.15, 0.2) is 47.6 Å². The highest BCUT2D eigenvalue weighted by molar-refractivity contribution is 6.30. The number of nitrogens with zero attached hydrogens (tertiary/aromatic N) is 1. The molecule has 0 bridgehead atoms. The fourth-order valence-electron chi connectivity index (χ4n) is 1.89.